The number of carbonyl (C=O) groups is 1. The second kappa shape index (κ2) is 7.70. The summed E-state index contributed by atoms with van der Waals surface area (Å²) in [5.41, 5.74) is 1.53. The topological polar surface area (TPSA) is 26.3 Å². The van der Waals surface area contributed by atoms with Gasteiger partial charge in [-0.15, -0.1) is 0 Å². The summed E-state index contributed by atoms with van der Waals surface area (Å²) in [6.45, 7) is 7.89. The van der Waals surface area contributed by atoms with Gasteiger partial charge in [0.15, 0.2) is 0 Å². The normalized spacial score (nSPS) is 10.1. The van der Waals surface area contributed by atoms with Crippen LogP contribution in [0.4, 0.5) is 0 Å². The standard InChI is InChI=1S/C16H22O2/c1-4-5-6-7-11-14(3)16(17)18-15-12-9-8-10-13(15)2/h8-10,12H,3-7,11H2,1-2H3. The fourth-order valence-corrected chi connectivity index (χ4v) is 1.71. The highest BCUT2D eigenvalue weighted by Crippen LogP contribution is 2.18. The summed E-state index contributed by atoms with van der Waals surface area (Å²) in [5.74, 6) is 0.318. The largest absolute Gasteiger partial charge is 0.423 e. The molecule has 0 aliphatic carbocycles. The summed E-state index contributed by atoms with van der Waals surface area (Å²) in [6.07, 6.45) is 5.29. The number of benzene rings is 1. The van der Waals surface area contributed by atoms with Crippen molar-refractivity contribution in [1.29, 1.82) is 0 Å². The molecule has 0 aliphatic heterocycles. The van der Waals surface area contributed by atoms with E-state index < -0.39 is 0 Å². The maximum absolute atomic E-state index is 11.8. The second-order valence-electron chi connectivity index (χ2n) is 4.57. The number of ether oxygens (including phenoxy) is 1. The van der Waals surface area contributed by atoms with Crippen LogP contribution in [-0.4, -0.2) is 5.97 Å². The van der Waals surface area contributed by atoms with Gasteiger partial charge in [-0.3, -0.25) is 0 Å². The Morgan fingerprint density at radius 2 is 1.94 bits per heavy atom. The molecule has 98 valence electrons. The van der Waals surface area contributed by atoms with Crippen LogP contribution in [0, 0.1) is 6.92 Å². The van der Waals surface area contributed by atoms with Crippen LogP contribution in [-0.2, 0) is 4.79 Å². The van der Waals surface area contributed by atoms with Crippen molar-refractivity contribution in [1.82, 2.24) is 0 Å². The Morgan fingerprint density at radius 1 is 1.22 bits per heavy atom. The maximum Gasteiger partial charge on any atom is 0.338 e. The van der Waals surface area contributed by atoms with Crippen LogP contribution in [0.15, 0.2) is 36.4 Å². The van der Waals surface area contributed by atoms with Crippen molar-refractivity contribution in [2.45, 2.75) is 46.0 Å². The van der Waals surface area contributed by atoms with E-state index >= 15 is 0 Å². The number of esters is 1. The van der Waals surface area contributed by atoms with Gasteiger partial charge in [0.2, 0.25) is 0 Å². The predicted molar refractivity (Wildman–Crippen MR) is 74.7 cm³/mol. The molecule has 0 radical (unpaired) electrons. The van der Waals surface area contributed by atoms with Gasteiger partial charge in [-0.05, 0) is 31.4 Å². The van der Waals surface area contributed by atoms with Gasteiger partial charge < -0.3 is 4.74 Å². The van der Waals surface area contributed by atoms with Crippen molar-refractivity contribution < 1.29 is 9.53 Å². The molecule has 0 aliphatic rings. The maximum atomic E-state index is 11.8. The Kier molecular flexibility index (Phi) is 6.20. The molecule has 0 saturated carbocycles. The molecule has 0 amide bonds. The van der Waals surface area contributed by atoms with Crippen molar-refractivity contribution in [2.75, 3.05) is 0 Å². The molecule has 0 saturated heterocycles. The molecule has 0 atom stereocenters. The van der Waals surface area contributed by atoms with E-state index in [0.29, 0.717) is 11.3 Å². The molecule has 0 aromatic heterocycles. The average molecular weight is 246 g/mol. The first kappa shape index (κ1) is 14.5. The quantitative estimate of drug-likeness (QED) is 0.308. The Hall–Kier alpha value is -1.57. The Bertz CT molecular complexity index is 407. The van der Waals surface area contributed by atoms with E-state index in [9.17, 15) is 4.79 Å². The lowest BCUT2D eigenvalue weighted by Crippen LogP contribution is -2.11. The monoisotopic (exact) mass is 246 g/mol. The third-order valence-corrected chi connectivity index (χ3v) is 2.92. The Morgan fingerprint density at radius 3 is 2.61 bits per heavy atom. The lowest BCUT2D eigenvalue weighted by molar-refractivity contribution is -0.130. The van der Waals surface area contributed by atoms with E-state index in [-0.39, 0.29) is 5.97 Å². The molecule has 2 nitrogen and oxygen atoms in total. The summed E-state index contributed by atoms with van der Waals surface area (Å²) < 4.78 is 5.33. The minimum absolute atomic E-state index is 0.305. The number of carbonyl (C=O) groups excluding carboxylic acids is 1. The molecular weight excluding hydrogens is 224 g/mol. The zero-order valence-corrected chi connectivity index (χ0v) is 11.4. The van der Waals surface area contributed by atoms with Crippen LogP contribution < -0.4 is 4.74 Å². The molecule has 1 rings (SSSR count). The van der Waals surface area contributed by atoms with Gasteiger partial charge in [-0.1, -0.05) is 51.0 Å². The van der Waals surface area contributed by atoms with Crippen molar-refractivity contribution in [3.63, 3.8) is 0 Å². The van der Waals surface area contributed by atoms with E-state index in [4.69, 9.17) is 4.74 Å². The first-order valence-corrected chi connectivity index (χ1v) is 6.60. The van der Waals surface area contributed by atoms with E-state index in [1.165, 1.54) is 12.8 Å². The molecule has 0 bridgehead atoms. The van der Waals surface area contributed by atoms with Gasteiger partial charge in [0.1, 0.15) is 5.75 Å². The lowest BCUT2D eigenvalue weighted by Gasteiger charge is -2.08. The van der Waals surface area contributed by atoms with Gasteiger partial charge in [-0.25, -0.2) is 4.79 Å². The van der Waals surface area contributed by atoms with E-state index in [1.54, 1.807) is 6.07 Å². The number of hydrogen-bond acceptors (Lipinski definition) is 2. The van der Waals surface area contributed by atoms with E-state index in [0.717, 1.165) is 24.8 Å². The van der Waals surface area contributed by atoms with Crippen molar-refractivity contribution in [3.8, 4) is 5.75 Å². The van der Waals surface area contributed by atoms with Gasteiger partial charge in [0, 0.05) is 5.57 Å². The number of hydrogen-bond donors (Lipinski definition) is 0. The fourth-order valence-electron chi connectivity index (χ4n) is 1.71. The number of para-hydroxylation sites is 1. The average Bonchev–Trinajstić information content (AvgIpc) is 2.37. The zero-order valence-electron chi connectivity index (χ0n) is 11.4. The predicted octanol–water partition coefficient (Wildman–Crippen LogP) is 4.43. The summed E-state index contributed by atoms with van der Waals surface area (Å²) in [6, 6.07) is 7.51. The van der Waals surface area contributed by atoms with Crippen molar-refractivity contribution in [2.24, 2.45) is 0 Å². The number of unbranched alkanes of at least 4 members (excludes halogenated alkanes) is 3. The molecule has 2 heteroatoms. The summed E-state index contributed by atoms with van der Waals surface area (Å²) in [5, 5.41) is 0. The molecule has 1 aromatic carbocycles. The second-order valence-corrected chi connectivity index (χ2v) is 4.57. The molecule has 0 heterocycles. The smallest absolute Gasteiger partial charge is 0.338 e. The van der Waals surface area contributed by atoms with Gasteiger partial charge in [-0.2, -0.15) is 0 Å². The van der Waals surface area contributed by atoms with Crippen LogP contribution in [0.1, 0.15) is 44.6 Å². The number of aryl methyl sites for hydroxylation is 1. The molecule has 1 aromatic rings. The van der Waals surface area contributed by atoms with E-state index in [1.807, 2.05) is 25.1 Å². The van der Waals surface area contributed by atoms with Gasteiger partial charge >= 0.3 is 5.97 Å². The molecule has 0 fully saturated rings. The van der Waals surface area contributed by atoms with Crippen molar-refractivity contribution >= 4 is 5.97 Å². The lowest BCUT2D eigenvalue weighted by atomic mass is 10.1. The minimum atomic E-state index is -0.305. The highest BCUT2D eigenvalue weighted by molar-refractivity contribution is 5.89. The summed E-state index contributed by atoms with van der Waals surface area (Å²) in [7, 11) is 0. The molecule has 18 heavy (non-hydrogen) atoms. The third kappa shape index (κ3) is 4.74. The van der Waals surface area contributed by atoms with Crippen LogP contribution in [0.2, 0.25) is 0 Å². The first-order chi connectivity index (χ1) is 8.65. The molecule has 0 unspecified atom stereocenters. The van der Waals surface area contributed by atoms with Gasteiger partial charge in [0.05, 0.1) is 0 Å². The third-order valence-electron chi connectivity index (χ3n) is 2.92. The summed E-state index contributed by atoms with van der Waals surface area (Å²) >= 11 is 0. The van der Waals surface area contributed by atoms with Crippen LogP contribution in [0.25, 0.3) is 0 Å². The zero-order chi connectivity index (χ0) is 13.4. The molecular formula is C16H22O2. The highest BCUT2D eigenvalue weighted by Gasteiger charge is 2.10. The van der Waals surface area contributed by atoms with Crippen molar-refractivity contribution in [3.05, 3.63) is 42.0 Å². The van der Waals surface area contributed by atoms with Crippen LogP contribution >= 0.6 is 0 Å². The van der Waals surface area contributed by atoms with E-state index in [2.05, 4.69) is 13.5 Å². The van der Waals surface area contributed by atoms with Crippen LogP contribution in [0.5, 0.6) is 5.75 Å². The minimum Gasteiger partial charge on any atom is -0.423 e. The SMILES string of the molecule is C=C(CCCCCC)C(=O)Oc1ccccc1C. The molecule has 0 spiro atoms. The highest BCUT2D eigenvalue weighted by atomic mass is 16.5. The number of rotatable bonds is 7. The fraction of sp³-hybridized carbons (Fsp3) is 0.438. The Balaban J connectivity index is 2.41. The first-order valence-electron chi connectivity index (χ1n) is 6.60. The summed E-state index contributed by atoms with van der Waals surface area (Å²) in [4.78, 5) is 11.8. The molecule has 0 N–H and O–H groups in total. The Labute approximate surface area is 110 Å². The van der Waals surface area contributed by atoms with Crippen LogP contribution in [0.3, 0.4) is 0 Å². The van der Waals surface area contributed by atoms with Gasteiger partial charge in [0.25, 0.3) is 0 Å².